The zero-order valence-electron chi connectivity index (χ0n) is 41.5. The van der Waals surface area contributed by atoms with Crippen LogP contribution in [-0.4, -0.2) is 37.2 Å². The Bertz CT molecular complexity index is 1300. The minimum absolute atomic E-state index is 0.122. The van der Waals surface area contributed by atoms with Crippen LogP contribution in [0.2, 0.25) is 0 Å². The van der Waals surface area contributed by atoms with Gasteiger partial charge in [-0.25, -0.2) is 0 Å². The Kier molecular flexibility index (Phi) is 49.0. The standard InChI is InChI=1S/C58H96O6/c1-4-7-10-13-16-19-22-24-26-28-30-31-33-36-39-42-45-48-51-57(60)63-54-55(53-62-56(59)50-47-44-41-38-35-21-18-15-12-9-6-3)64-58(61)52-49-46-43-40-37-34-32-29-27-25-23-20-17-14-11-8-5-2/h9,12,18,21,25-28,30-32,34,38,40-41,43,55H,4-8,10-11,13-17,19-20,22-24,29,33,35-37,39,42,44-54H2,1-3H3/b12-9-,21-18-,27-25-,28-26-,31-30-,34-32-,41-38-,43-40-. The Hall–Kier alpha value is -3.67. The average molecular weight is 889 g/mol. The first kappa shape index (κ1) is 60.3. The van der Waals surface area contributed by atoms with Crippen molar-refractivity contribution in [1.82, 2.24) is 0 Å². The Morgan fingerprint density at radius 3 is 1.11 bits per heavy atom. The van der Waals surface area contributed by atoms with E-state index < -0.39 is 6.10 Å². The highest BCUT2D eigenvalue weighted by atomic mass is 16.6. The van der Waals surface area contributed by atoms with E-state index >= 15 is 0 Å². The fourth-order valence-corrected chi connectivity index (χ4v) is 6.88. The minimum Gasteiger partial charge on any atom is -0.462 e. The summed E-state index contributed by atoms with van der Waals surface area (Å²) in [7, 11) is 0. The van der Waals surface area contributed by atoms with Crippen molar-refractivity contribution in [2.75, 3.05) is 13.2 Å². The molecule has 0 aromatic rings. The van der Waals surface area contributed by atoms with Crippen LogP contribution in [0.15, 0.2) is 97.2 Å². The highest BCUT2D eigenvalue weighted by molar-refractivity contribution is 5.71. The van der Waals surface area contributed by atoms with Gasteiger partial charge in [0.05, 0.1) is 0 Å². The predicted octanol–water partition coefficient (Wildman–Crippen LogP) is 17.4. The van der Waals surface area contributed by atoms with Crippen molar-refractivity contribution in [3.05, 3.63) is 97.2 Å². The number of rotatable bonds is 46. The van der Waals surface area contributed by atoms with Crippen LogP contribution in [0.25, 0.3) is 0 Å². The third-order valence-corrected chi connectivity index (χ3v) is 10.8. The molecule has 64 heavy (non-hydrogen) atoms. The lowest BCUT2D eigenvalue weighted by Crippen LogP contribution is -2.30. The second-order valence-corrected chi connectivity index (χ2v) is 17.1. The monoisotopic (exact) mass is 889 g/mol. The number of hydrogen-bond acceptors (Lipinski definition) is 6. The van der Waals surface area contributed by atoms with Crippen molar-refractivity contribution in [2.24, 2.45) is 0 Å². The van der Waals surface area contributed by atoms with Gasteiger partial charge in [-0.15, -0.1) is 0 Å². The normalized spacial score (nSPS) is 12.9. The molecule has 6 heteroatoms. The number of ether oxygens (including phenoxy) is 3. The molecule has 0 rings (SSSR count). The van der Waals surface area contributed by atoms with Crippen LogP contribution >= 0.6 is 0 Å². The summed E-state index contributed by atoms with van der Waals surface area (Å²) in [5, 5.41) is 0. The van der Waals surface area contributed by atoms with Crippen molar-refractivity contribution < 1.29 is 28.6 Å². The summed E-state index contributed by atoms with van der Waals surface area (Å²) >= 11 is 0. The van der Waals surface area contributed by atoms with Crippen molar-refractivity contribution in [2.45, 2.75) is 239 Å². The van der Waals surface area contributed by atoms with Gasteiger partial charge in [0.25, 0.3) is 0 Å². The fraction of sp³-hybridized carbons (Fsp3) is 0.672. The maximum absolute atomic E-state index is 12.8. The van der Waals surface area contributed by atoms with Crippen molar-refractivity contribution in [3.63, 3.8) is 0 Å². The Labute approximate surface area is 394 Å². The van der Waals surface area contributed by atoms with Gasteiger partial charge >= 0.3 is 17.9 Å². The summed E-state index contributed by atoms with van der Waals surface area (Å²) in [6.45, 7) is 6.40. The van der Waals surface area contributed by atoms with E-state index in [4.69, 9.17) is 14.2 Å². The molecule has 364 valence electrons. The van der Waals surface area contributed by atoms with E-state index in [-0.39, 0.29) is 44.0 Å². The van der Waals surface area contributed by atoms with Gasteiger partial charge in [0.1, 0.15) is 13.2 Å². The molecule has 0 amide bonds. The zero-order chi connectivity index (χ0) is 46.5. The second-order valence-electron chi connectivity index (χ2n) is 17.1. The van der Waals surface area contributed by atoms with Crippen LogP contribution in [0.3, 0.4) is 0 Å². The fourth-order valence-electron chi connectivity index (χ4n) is 6.88. The number of esters is 3. The van der Waals surface area contributed by atoms with Gasteiger partial charge in [-0.3, -0.25) is 14.4 Å². The Morgan fingerprint density at radius 1 is 0.344 bits per heavy atom. The summed E-state index contributed by atoms with van der Waals surface area (Å²) in [4.78, 5) is 37.9. The Morgan fingerprint density at radius 2 is 0.672 bits per heavy atom. The molecule has 0 bridgehead atoms. The van der Waals surface area contributed by atoms with Gasteiger partial charge < -0.3 is 14.2 Å². The van der Waals surface area contributed by atoms with Gasteiger partial charge in [0.2, 0.25) is 0 Å². The molecule has 6 nitrogen and oxygen atoms in total. The highest BCUT2D eigenvalue weighted by Crippen LogP contribution is 2.12. The molecule has 0 spiro atoms. The van der Waals surface area contributed by atoms with E-state index in [1.165, 1.54) is 96.3 Å². The summed E-state index contributed by atoms with van der Waals surface area (Å²) in [6, 6.07) is 0. The van der Waals surface area contributed by atoms with E-state index in [0.717, 1.165) is 83.5 Å². The molecule has 1 atom stereocenters. The molecule has 0 aromatic heterocycles. The molecule has 0 aromatic carbocycles. The molecule has 0 radical (unpaired) electrons. The molecule has 0 heterocycles. The minimum atomic E-state index is -0.831. The third kappa shape index (κ3) is 49.3. The molecule has 0 fully saturated rings. The molecular formula is C58H96O6. The number of carbonyl (C=O) groups excluding carboxylic acids is 3. The lowest BCUT2D eigenvalue weighted by atomic mass is 10.1. The molecule has 0 aliphatic rings. The van der Waals surface area contributed by atoms with E-state index in [0.29, 0.717) is 19.3 Å². The Balaban J connectivity index is 4.51. The summed E-state index contributed by atoms with van der Waals surface area (Å²) < 4.78 is 16.7. The van der Waals surface area contributed by atoms with E-state index in [9.17, 15) is 14.4 Å². The maximum atomic E-state index is 12.8. The van der Waals surface area contributed by atoms with Gasteiger partial charge in [-0.05, 0) is 103 Å². The quantitative estimate of drug-likeness (QED) is 0.0199. The molecule has 0 aliphatic carbocycles. The van der Waals surface area contributed by atoms with Crippen LogP contribution in [0, 0.1) is 0 Å². The predicted molar refractivity (Wildman–Crippen MR) is 274 cm³/mol. The molecular weight excluding hydrogens is 793 g/mol. The second kappa shape index (κ2) is 52.0. The number of allylic oxidation sites excluding steroid dienone is 16. The zero-order valence-corrected chi connectivity index (χ0v) is 41.5. The highest BCUT2D eigenvalue weighted by Gasteiger charge is 2.19. The van der Waals surface area contributed by atoms with E-state index in [1.54, 1.807) is 0 Å². The van der Waals surface area contributed by atoms with Gasteiger partial charge in [0, 0.05) is 19.3 Å². The van der Waals surface area contributed by atoms with Crippen LogP contribution in [0.1, 0.15) is 233 Å². The van der Waals surface area contributed by atoms with Crippen LogP contribution in [0.4, 0.5) is 0 Å². The molecule has 0 saturated carbocycles. The molecule has 0 aliphatic heterocycles. The number of hydrogen-bond donors (Lipinski definition) is 0. The summed E-state index contributed by atoms with van der Waals surface area (Å²) in [5.74, 6) is -1.05. The lowest BCUT2D eigenvalue weighted by molar-refractivity contribution is -0.167. The lowest BCUT2D eigenvalue weighted by Gasteiger charge is -2.18. The molecule has 0 saturated heterocycles. The average Bonchev–Trinajstić information content (AvgIpc) is 3.29. The number of unbranched alkanes of at least 4 members (excludes halogenated alkanes) is 20. The molecule has 1 unspecified atom stereocenters. The van der Waals surface area contributed by atoms with Crippen molar-refractivity contribution in [3.8, 4) is 0 Å². The molecule has 0 N–H and O–H groups in total. The first-order chi connectivity index (χ1) is 31.5. The largest absolute Gasteiger partial charge is 0.462 e. The topological polar surface area (TPSA) is 78.9 Å². The first-order valence-corrected chi connectivity index (χ1v) is 26.3. The third-order valence-electron chi connectivity index (χ3n) is 10.8. The van der Waals surface area contributed by atoms with Crippen LogP contribution in [-0.2, 0) is 28.6 Å². The van der Waals surface area contributed by atoms with Gasteiger partial charge in [-0.1, -0.05) is 208 Å². The van der Waals surface area contributed by atoms with E-state index in [2.05, 4.69) is 118 Å². The van der Waals surface area contributed by atoms with Crippen molar-refractivity contribution in [1.29, 1.82) is 0 Å². The first-order valence-electron chi connectivity index (χ1n) is 26.3. The van der Waals surface area contributed by atoms with Crippen molar-refractivity contribution >= 4 is 17.9 Å². The van der Waals surface area contributed by atoms with Gasteiger partial charge in [-0.2, -0.15) is 0 Å². The van der Waals surface area contributed by atoms with E-state index in [1.807, 2.05) is 0 Å². The number of carbonyl (C=O) groups is 3. The van der Waals surface area contributed by atoms with Gasteiger partial charge in [0.15, 0.2) is 6.10 Å². The summed E-state index contributed by atoms with van der Waals surface area (Å²) in [5.41, 5.74) is 0. The summed E-state index contributed by atoms with van der Waals surface area (Å²) in [6.07, 6.45) is 68.4. The maximum Gasteiger partial charge on any atom is 0.306 e. The smallest absolute Gasteiger partial charge is 0.306 e. The van der Waals surface area contributed by atoms with Crippen LogP contribution in [0.5, 0.6) is 0 Å². The van der Waals surface area contributed by atoms with Crippen LogP contribution < -0.4 is 0 Å². The SMILES string of the molecule is CC/C=C\C/C=C\C/C=C\CCCC(=O)OCC(COC(=O)CCCCCCC/C=C\C=C/CCCCCCCCC)OC(=O)CCC/C=C\C/C=C\C/C=C\CCCCCCCC.